The lowest BCUT2D eigenvalue weighted by atomic mass is 9.79. The molecule has 0 aromatic rings. The summed E-state index contributed by atoms with van der Waals surface area (Å²) < 4.78 is 5.42. The summed E-state index contributed by atoms with van der Waals surface area (Å²) in [6.45, 7) is 9.65. The molecule has 1 unspecified atom stereocenters. The van der Waals surface area contributed by atoms with E-state index >= 15 is 0 Å². The number of rotatable bonds is 0. The van der Waals surface area contributed by atoms with Crippen LogP contribution in [0.1, 0.15) is 19.8 Å². The van der Waals surface area contributed by atoms with Gasteiger partial charge in [0.05, 0.1) is 12.0 Å². The molecule has 6 atom stereocenters. The molecule has 0 bridgehead atoms. The highest BCUT2D eigenvalue weighted by Crippen LogP contribution is 2.51. The van der Waals surface area contributed by atoms with Crippen molar-refractivity contribution < 1.29 is 19.4 Å². The first-order chi connectivity index (χ1) is 8.91. The molecule has 102 valence electrons. The fraction of sp³-hybridized carbons (Fsp3) is 0.600. The van der Waals surface area contributed by atoms with E-state index in [1.54, 1.807) is 0 Å². The lowest BCUT2D eigenvalue weighted by molar-refractivity contribution is -0.143. The largest absolute Gasteiger partial charge is 0.458 e. The minimum atomic E-state index is -0.690. The Morgan fingerprint density at radius 1 is 1.26 bits per heavy atom. The Morgan fingerprint density at radius 2 is 1.95 bits per heavy atom. The van der Waals surface area contributed by atoms with Gasteiger partial charge in [-0.1, -0.05) is 25.7 Å². The number of esters is 1. The molecule has 4 heteroatoms. The minimum Gasteiger partial charge on any atom is -0.458 e. The van der Waals surface area contributed by atoms with E-state index < -0.39 is 24.1 Å². The van der Waals surface area contributed by atoms with E-state index in [9.17, 15) is 14.7 Å². The number of hydrogen-bond donors (Lipinski definition) is 1. The molecule has 3 aliphatic rings. The molecule has 4 nitrogen and oxygen atoms in total. The molecule has 1 aliphatic heterocycles. The molecule has 3 fully saturated rings. The number of fused-ring (bicyclic) bond motifs is 3. The number of aliphatic hydroxyl groups is 1. The van der Waals surface area contributed by atoms with Crippen LogP contribution in [0.15, 0.2) is 24.3 Å². The maximum absolute atomic E-state index is 12.0. The molecule has 2 aliphatic carbocycles. The van der Waals surface area contributed by atoms with Crippen LogP contribution >= 0.6 is 0 Å². The molecule has 1 heterocycles. The van der Waals surface area contributed by atoms with Gasteiger partial charge in [0, 0.05) is 23.8 Å². The molecule has 0 amide bonds. The summed E-state index contributed by atoms with van der Waals surface area (Å²) in [6.07, 6.45) is -0.257. The number of ketones is 1. The first-order valence-electron chi connectivity index (χ1n) is 6.70. The van der Waals surface area contributed by atoms with Crippen molar-refractivity contribution in [3.05, 3.63) is 24.3 Å². The third kappa shape index (κ3) is 1.62. The Morgan fingerprint density at radius 3 is 2.63 bits per heavy atom. The van der Waals surface area contributed by atoms with Gasteiger partial charge in [0.2, 0.25) is 0 Å². The van der Waals surface area contributed by atoms with Gasteiger partial charge in [0.1, 0.15) is 11.9 Å². The molecule has 19 heavy (non-hydrogen) atoms. The van der Waals surface area contributed by atoms with E-state index in [4.69, 9.17) is 4.74 Å². The van der Waals surface area contributed by atoms with Crippen molar-refractivity contribution in [3.8, 4) is 0 Å². The predicted octanol–water partition coefficient (Wildman–Crippen LogP) is 1.25. The normalized spacial score (nSPS) is 45.8. The van der Waals surface area contributed by atoms with Crippen LogP contribution in [0.3, 0.4) is 0 Å². The molecule has 1 saturated heterocycles. The van der Waals surface area contributed by atoms with Crippen molar-refractivity contribution in [2.24, 2.45) is 23.7 Å². The summed E-state index contributed by atoms with van der Waals surface area (Å²) in [4.78, 5) is 23.7. The molecule has 1 N–H and O–H groups in total. The highest BCUT2D eigenvalue weighted by molar-refractivity contribution is 5.91. The zero-order chi connectivity index (χ0) is 13.9. The molecule has 0 aromatic heterocycles. The van der Waals surface area contributed by atoms with Crippen molar-refractivity contribution in [2.75, 3.05) is 0 Å². The maximum atomic E-state index is 12.0. The Bertz CT molecular complexity index is 492. The van der Waals surface area contributed by atoms with E-state index in [2.05, 4.69) is 13.2 Å². The second-order valence-corrected chi connectivity index (χ2v) is 5.99. The van der Waals surface area contributed by atoms with Gasteiger partial charge < -0.3 is 9.84 Å². The van der Waals surface area contributed by atoms with Crippen LogP contribution in [0.2, 0.25) is 0 Å². The average molecular weight is 262 g/mol. The van der Waals surface area contributed by atoms with Gasteiger partial charge in [-0.2, -0.15) is 0 Å². The van der Waals surface area contributed by atoms with Crippen molar-refractivity contribution >= 4 is 11.8 Å². The van der Waals surface area contributed by atoms with Crippen molar-refractivity contribution in [3.63, 3.8) is 0 Å². The lowest BCUT2D eigenvalue weighted by Gasteiger charge is -2.28. The monoisotopic (exact) mass is 262 g/mol. The van der Waals surface area contributed by atoms with Crippen molar-refractivity contribution in [1.29, 1.82) is 0 Å². The SMILES string of the molecule is C=C1C(=O)O[C@H]2C1[C@@H](O)CC(=C)[C@@H]1CC(=O)[C@@H](C)[C@@H]12. The molecule has 3 rings (SSSR count). The quantitative estimate of drug-likeness (QED) is 0.405. The zero-order valence-corrected chi connectivity index (χ0v) is 11.0. The summed E-state index contributed by atoms with van der Waals surface area (Å²) in [5.41, 5.74) is 1.23. The zero-order valence-electron chi connectivity index (χ0n) is 11.0. The smallest absolute Gasteiger partial charge is 0.334 e. The second kappa shape index (κ2) is 4.04. The summed E-state index contributed by atoms with van der Waals surface area (Å²) in [7, 11) is 0. The highest BCUT2D eigenvalue weighted by atomic mass is 16.6. The summed E-state index contributed by atoms with van der Waals surface area (Å²) >= 11 is 0. The Hall–Kier alpha value is -1.42. The van der Waals surface area contributed by atoms with E-state index in [1.807, 2.05) is 6.92 Å². The van der Waals surface area contributed by atoms with Gasteiger partial charge >= 0.3 is 5.97 Å². The van der Waals surface area contributed by atoms with Crippen LogP contribution in [0.4, 0.5) is 0 Å². The Kier molecular flexibility index (Phi) is 2.68. The number of carbonyl (C=O) groups is 2. The number of carbonyl (C=O) groups excluding carboxylic acids is 2. The first-order valence-corrected chi connectivity index (χ1v) is 6.70. The standard InChI is InChI=1S/C15H18O4/c1-6-4-11(17)13-8(3)15(18)19-14(13)12-7(2)10(16)5-9(6)12/h7,9,11-14,17H,1,3-5H2,2H3/t7-,9+,11+,12+,13?,14-/m1/s1. The summed E-state index contributed by atoms with van der Waals surface area (Å²) in [5, 5.41) is 10.3. The van der Waals surface area contributed by atoms with Crippen LogP contribution in [-0.2, 0) is 14.3 Å². The van der Waals surface area contributed by atoms with Crippen LogP contribution < -0.4 is 0 Å². The van der Waals surface area contributed by atoms with E-state index in [0.29, 0.717) is 18.4 Å². The van der Waals surface area contributed by atoms with E-state index in [1.165, 1.54) is 0 Å². The first kappa shape index (κ1) is 12.6. The second-order valence-electron chi connectivity index (χ2n) is 5.99. The fourth-order valence-corrected chi connectivity index (χ4v) is 3.95. The van der Waals surface area contributed by atoms with Crippen LogP contribution in [0, 0.1) is 23.7 Å². The van der Waals surface area contributed by atoms with Gasteiger partial charge in [-0.15, -0.1) is 0 Å². The van der Waals surface area contributed by atoms with Crippen molar-refractivity contribution in [1.82, 2.24) is 0 Å². The van der Waals surface area contributed by atoms with Crippen LogP contribution in [0.25, 0.3) is 0 Å². The predicted molar refractivity (Wildman–Crippen MR) is 68.0 cm³/mol. The highest BCUT2D eigenvalue weighted by Gasteiger charge is 2.56. The van der Waals surface area contributed by atoms with E-state index in [-0.39, 0.29) is 23.5 Å². The minimum absolute atomic E-state index is 0.0193. The maximum Gasteiger partial charge on any atom is 0.334 e. The number of Topliss-reactive ketones (excluding diaryl/α,β-unsaturated/α-hetero) is 1. The Balaban J connectivity index is 2.05. The molecule has 2 saturated carbocycles. The molecule has 0 spiro atoms. The number of aliphatic hydroxyl groups excluding tert-OH is 1. The van der Waals surface area contributed by atoms with Gasteiger partial charge in [-0.25, -0.2) is 4.79 Å². The van der Waals surface area contributed by atoms with Gasteiger partial charge in [0.25, 0.3) is 0 Å². The van der Waals surface area contributed by atoms with E-state index in [0.717, 1.165) is 5.57 Å². The van der Waals surface area contributed by atoms with Crippen molar-refractivity contribution in [2.45, 2.75) is 32.0 Å². The summed E-state index contributed by atoms with van der Waals surface area (Å²) in [5.74, 6) is -0.839. The molecular formula is C15H18O4. The van der Waals surface area contributed by atoms with Crippen LogP contribution in [-0.4, -0.2) is 29.1 Å². The average Bonchev–Trinajstić information content (AvgIpc) is 2.75. The molecule has 0 aromatic carbocycles. The molecule has 0 radical (unpaired) electrons. The van der Waals surface area contributed by atoms with Crippen LogP contribution in [0.5, 0.6) is 0 Å². The third-order valence-electron chi connectivity index (χ3n) is 5.02. The summed E-state index contributed by atoms with van der Waals surface area (Å²) in [6, 6.07) is 0. The van der Waals surface area contributed by atoms with Gasteiger partial charge in [-0.3, -0.25) is 4.79 Å². The Labute approximate surface area is 112 Å². The third-order valence-corrected chi connectivity index (χ3v) is 5.02. The van der Waals surface area contributed by atoms with Gasteiger partial charge in [-0.05, 0) is 12.3 Å². The topological polar surface area (TPSA) is 63.6 Å². The fourth-order valence-electron chi connectivity index (χ4n) is 3.95. The number of ether oxygens (including phenoxy) is 1. The lowest BCUT2D eigenvalue weighted by Crippen LogP contribution is -2.35. The number of hydrogen-bond acceptors (Lipinski definition) is 4. The molecular weight excluding hydrogens is 244 g/mol. The van der Waals surface area contributed by atoms with Gasteiger partial charge in [0.15, 0.2) is 0 Å².